The molecule has 1 aliphatic rings. The summed E-state index contributed by atoms with van der Waals surface area (Å²) in [4.78, 5) is 47.0. The Hall–Kier alpha value is -2.82. The number of carbonyl (C=O) groups excluding carboxylic acids is 3. The van der Waals surface area contributed by atoms with Crippen LogP contribution < -0.4 is 11.1 Å². The number of nitrogens with one attached hydrogen (secondary N) is 1. The van der Waals surface area contributed by atoms with Gasteiger partial charge < -0.3 is 44.7 Å². The summed E-state index contributed by atoms with van der Waals surface area (Å²) in [6.07, 6.45) is -0.486. The monoisotopic (exact) mass is 720 g/mol. The van der Waals surface area contributed by atoms with Crippen LogP contribution in [0.5, 0.6) is 0 Å². The molecule has 1 aromatic carbocycles. The quantitative estimate of drug-likeness (QED) is 0.136. The third-order valence-corrected chi connectivity index (χ3v) is 9.32. The number of ether oxygens (including phenoxy) is 5. The number of likely N-dealkylation sites (tertiary alicyclic amines) is 1. The second kappa shape index (κ2) is 22.2. The summed E-state index contributed by atoms with van der Waals surface area (Å²) in [6, 6.07) is 7.10. The molecule has 50 heavy (non-hydrogen) atoms. The third-order valence-electron chi connectivity index (χ3n) is 8.34. The SMILES string of the molecule is Cc1ncsc1-c1ccc(CNC(=O)[C@@H]2C[C@@H](O)CN2C(=O)[C@@H](CC(=O)CCOCCOCCOCCOCCOCCN)C(C)(C)C)cc1. The topological polar surface area (TPSA) is 172 Å². The van der Waals surface area contributed by atoms with E-state index in [1.54, 1.807) is 11.3 Å². The normalized spacial score (nSPS) is 16.9. The minimum Gasteiger partial charge on any atom is -0.391 e. The predicted octanol–water partition coefficient (Wildman–Crippen LogP) is 2.75. The van der Waals surface area contributed by atoms with E-state index in [1.165, 1.54) is 4.90 Å². The number of aryl methyl sites for hydroxylation is 1. The van der Waals surface area contributed by atoms with Crippen molar-refractivity contribution in [3.05, 3.63) is 41.0 Å². The van der Waals surface area contributed by atoms with Crippen LogP contribution in [0.1, 0.15) is 51.3 Å². The van der Waals surface area contributed by atoms with Crippen molar-refractivity contribution in [1.29, 1.82) is 0 Å². The number of amides is 2. The summed E-state index contributed by atoms with van der Waals surface area (Å²) >= 11 is 1.58. The molecule has 0 aliphatic carbocycles. The fourth-order valence-corrected chi connectivity index (χ4v) is 6.32. The fraction of sp³-hybridized carbons (Fsp3) is 0.667. The molecule has 1 aliphatic heterocycles. The smallest absolute Gasteiger partial charge is 0.243 e. The van der Waals surface area contributed by atoms with E-state index in [1.807, 2.05) is 57.5 Å². The van der Waals surface area contributed by atoms with E-state index in [4.69, 9.17) is 29.4 Å². The molecule has 0 saturated carbocycles. The maximum absolute atomic E-state index is 13.9. The first-order valence-corrected chi connectivity index (χ1v) is 18.2. The Kier molecular flexibility index (Phi) is 18.5. The highest BCUT2D eigenvalue weighted by Crippen LogP contribution is 2.34. The highest BCUT2D eigenvalue weighted by Gasteiger charge is 2.44. The van der Waals surface area contributed by atoms with E-state index >= 15 is 0 Å². The Labute approximate surface area is 300 Å². The third kappa shape index (κ3) is 14.4. The number of hydrogen-bond donors (Lipinski definition) is 3. The predicted molar refractivity (Wildman–Crippen MR) is 191 cm³/mol. The number of aromatic nitrogens is 1. The first-order valence-electron chi connectivity index (χ1n) is 17.4. The van der Waals surface area contributed by atoms with E-state index in [-0.39, 0.29) is 56.6 Å². The molecule has 13 nitrogen and oxygen atoms in total. The number of aliphatic hydroxyl groups is 1. The molecular weight excluding hydrogens is 664 g/mol. The number of hydrogen-bond acceptors (Lipinski definition) is 12. The van der Waals surface area contributed by atoms with Gasteiger partial charge in [-0.3, -0.25) is 14.4 Å². The Bertz CT molecular complexity index is 1300. The van der Waals surface area contributed by atoms with E-state index in [0.29, 0.717) is 66.0 Å². The number of benzene rings is 1. The molecule has 280 valence electrons. The van der Waals surface area contributed by atoms with Gasteiger partial charge in [-0.05, 0) is 23.5 Å². The van der Waals surface area contributed by atoms with Crippen molar-refractivity contribution >= 4 is 28.9 Å². The summed E-state index contributed by atoms with van der Waals surface area (Å²) in [7, 11) is 0. The second-order valence-electron chi connectivity index (χ2n) is 13.3. The van der Waals surface area contributed by atoms with Crippen LogP contribution in [0.25, 0.3) is 10.4 Å². The van der Waals surface area contributed by atoms with Crippen LogP contribution in [-0.4, -0.2) is 124 Å². The van der Waals surface area contributed by atoms with E-state index < -0.39 is 23.5 Å². The first kappa shape index (κ1) is 41.6. The average Bonchev–Trinajstić information content (AvgIpc) is 3.70. The van der Waals surface area contributed by atoms with Crippen molar-refractivity contribution < 1.29 is 43.2 Å². The summed E-state index contributed by atoms with van der Waals surface area (Å²) in [5.41, 5.74) is 9.58. The largest absolute Gasteiger partial charge is 0.391 e. The number of β-amino-alcohol motifs (C(OH)–C–C–N with tert-alkyl or cyclic N) is 1. The van der Waals surface area contributed by atoms with Gasteiger partial charge in [0.05, 0.1) is 88.3 Å². The molecule has 3 atom stereocenters. The molecule has 0 radical (unpaired) electrons. The molecule has 0 bridgehead atoms. The number of ketones is 1. The molecule has 0 spiro atoms. The number of rotatable bonds is 24. The van der Waals surface area contributed by atoms with Gasteiger partial charge in [0.25, 0.3) is 0 Å². The lowest BCUT2D eigenvalue weighted by Gasteiger charge is -2.34. The van der Waals surface area contributed by atoms with Crippen LogP contribution in [0.3, 0.4) is 0 Å². The molecule has 0 unspecified atom stereocenters. The van der Waals surface area contributed by atoms with Crippen molar-refractivity contribution in [2.24, 2.45) is 17.1 Å². The molecule has 4 N–H and O–H groups in total. The fourth-order valence-electron chi connectivity index (χ4n) is 5.51. The molecule has 14 heteroatoms. The van der Waals surface area contributed by atoms with Gasteiger partial charge in [-0.2, -0.15) is 0 Å². The van der Waals surface area contributed by atoms with E-state index in [0.717, 1.165) is 21.7 Å². The van der Waals surface area contributed by atoms with Crippen molar-refractivity contribution in [1.82, 2.24) is 15.2 Å². The van der Waals surface area contributed by atoms with E-state index in [2.05, 4.69) is 10.3 Å². The van der Waals surface area contributed by atoms with Gasteiger partial charge in [-0.15, -0.1) is 11.3 Å². The van der Waals surface area contributed by atoms with Crippen LogP contribution in [-0.2, 0) is 44.6 Å². The summed E-state index contributed by atoms with van der Waals surface area (Å²) in [5.74, 6) is -1.38. The number of carbonyl (C=O) groups is 3. The molecule has 1 aromatic heterocycles. The minimum atomic E-state index is -0.818. The summed E-state index contributed by atoms with van der Waals surface area (Å²) < 4.78 is 27.1. The molecule has 1 saturated heterocycles. The van der Waals surface area contributed by atoms with Crippen LogP contribution in [0.2, 0.25) is 0 Å². The van der Waals surface area contributed by atoms with E-state index in [9.17, 15) is 19.5 Å². The lowest BCUT2D eigenvalue weighted by molar-refractivity contribution is -0.146. The summed E-state index contributed by atoms with van der Waals surface area (Å²) in [5, 5.41) is 13.4. The Morgan fingerprint density at radius 2 is 1.50 bits per heavy atom. The van der Waals surface area contributed by atoms with Gasteiger partial charge in [0.2, 0.25) is 11.8 Å². The maximum Gasteiger partial charge on any atom is 0.243 e. The molecular formula is C36H56N4O9S. The van der Waals surface area contributed by atoms with Crippen molar-refractivity contribution in [3.63, 3.8) is 0 Å². The number of aliphatic hydroxyl groups excluding tert-OH is 1. The maximum atomic E-state index is 13.9. The number of thiazole rings is 1. The van der Waals surface area contributed by atoms with Crippen LogP contribution >= 0.6 is 11.3 Å². The van der Waals surface area contributed by atoms with Gasteiger partial charge in [-0.1, -0.05) is 45.0 Å². The second-order valence-corrected chi connectivity index (χ2v) is 14.2. The zero-order chi connectivity index (χ0) is 36.4. The number of Topliss-reactive ketones (excluding diaryl/α,β-unsaturated/α-hetero) is 1. The first-order chi connectivity index (χ1) is 24.0. The van der Waals surface area contributed by atoms with Crippen LogP contribution in [0.15, 0.2) is 29.8 Å². The zero-order valence-electron chi connectivity index (χ0n) is 30.0. The molecule has 1 fully saturated rings. The van der Waals surface area contributed by atoms with Crippen molar-refractivity contribution in [3.8, 4) is 10.4 Å². The van der Waals surface area contributed by atoms with Crippen molar-refractivity contribution in [2.75, 3.05) is 79.2 Å². The van der Waals surface area contributed by atoms with Crippen molar-refractivity contribution in [2.45, 2.75) is 65.6 Å². The number of nitrogens with zero attached hydrogens (tertiary/aromatic N) is 2. The Balaban J connectivity index is 1.36. The lowest BCUT2D eigenvalue weighted by atomic mass is 9.76. The minimum absolute atomic E-state index is 0.0243. The molecule has 2 amide bonds. The molecule has 2 heterocycles. The number of nitrogens with two attached hydrogens (primary N) is 1. The summed E-state index contributed by atoms with van der Waals surface area (Å²) in [6.45, 7) is 12.8. The van der Waals surface area contributed by atoms with Gasteiger partial charge in [0, 0.05) is 44.8 Å². The Morgan fingerprint density at radius 1 is 0.940 bits per heavy atom. The Morgan fingerprint density at radius 3 is 2.02 bits per heavy atom. The van der Waals surface area contributed by atoms with Gasteiger partial charge >= 0.3 is 0 Å². The molecule has 2 aromatic rings. The standard InChI is InChI=1S/C36H56N4O9S/c1-26-33(50-25-39-26)28-7-5-27(6-8-28)23-38-34(43)32-22-30(42)24-40(32)35(44)31(36(2,3)4)21-29(41)9-11-45-13-15-47-17-19-49-20-18-48-16-14-46-12-10-37/h5-8,25,30-32,42H,9-24,37H2,1-4H3,(H,38,43)/t30-,31-,32+/m1/s1. The molecule has 3 rings (SSSR count). The van der Waals surface area contributed by atoms with Gasteiger partial charge in [0.15, 0.2) is 0 Å². The zero-order valence-corrected chi connectivity index (χ0v) is 30.8. The average molecular weight is 721 g/mol. The van der Waals surface area contributed by atoms with Crippen LogP contribution in [0.4, 0.5) is 0 Å². The van der Waals surface area contributed by atoms with Gasteiger partial charge in [0.1, 0.15) is 11.8 Å². The van der Waals surface area contributed by atoms with Crippen LogP contribution in [0, 0.1) is 18.3 Å². The van der Waals surface area contributed by atoms with Gasteiger partial charge in [-0.25, -0.2) is 4.98 Å². The highest BCUT2D eigenvalue weighted by atomic mass is 32.1. The lowest BCUT2D eigenvalue weighted by Crippen LogP contribution is -2.50. The highest BCUT2D eigenvalue weighted by molar-refractivity contribution is 7.13.